The first-order valence-electron chi connectivity index (χ1n) is 5.99. The molecule has 1 amide bonds. The first kappa shape index (κ1) is 13.8. The third kappa shape index (κ3) is 2.54. The number of ether oxygens (including phenoxy) is 1. The van der Waals surface area contributed by atoms with Crippen molar-refractivity contribution in [2.24, 2.45) is 7.05 Å². The van der Waals surface area contributed by atoms with E-state index < -0.39 is 5.97 Å². The van der Waals surface area contributed by atoms with Crippen molar-refractivity contribution in [3.63, 3.8) is 0 Å². The minimum atomic E-state index is -0.542. The first-order chi connectivity index (χ1) is 9.54. The zero-order valence-electron chi connectivity index (χ0n) is 11.5. The molecule has 1 aromatic heterocycles. The van der Waals surface area contributed by atoms with Gasteiger partial charge in [-0.05, 0) is 12.1 Å². The van der Waals surface area contributed by atoms with Gasteiger partial charge in [0.2, 0.25) is 5.82 Å². The molecule has 0 aliphatic carbocycles. The van der Waals surface area contributed by atoms with Crippen molar-refractivity contribution in [3.05, 3.63) is 47.9 Å². The number of rotatable bonds is 3. The fourth-order valence-corrected chi connectivity index (χ4v) is 1.77. The van der Waals surface area contributed by atoms with E-state index >= 15 is 0 Å². The van der Waals surface area contributed by atoms with Crippen LogP contribution in [0.1, 0.15) is 21.0 Å². The highest BCUT2D eigenvalue weighted by atomic mass is 16.5. The predicted molar refractivity (Wildman–Crippen MR) is 73.7 cm³/mol. The lowest BCUT2D eigenvalue weighted by Gasteiger charge is -2.13. The topological polar surface area (TPSA) is 64.4 Å². The molecule has 1 aromatic carbocycles. The Morgan fingerprint density at radius 3 is 2.50 bits per heavy atom. The highest BCUT2D eigenvalue weighted by Crippen LogP contribution is 2.15. The Morgan fingerprint density at radius 1 is 1.25 bits per heavy atom. The molecule has 2 aromatic rings. The second-order valence-corrected chi connectivity index (χ2v) is 4.26. The molecule has 0 saturated heterocycles. The van der Waals surface area contributed by atoms with Gasteiger partial charge >= 0.3 is 5.97 Å². The molecular weight excluding hydrogens is 258 g/mol. The predicted octanol–water partition coefficient (Wildman–Crippen LogP) is 1.48. The summed E-state index contributed by atoms with van der Waals surface area (Å²) >= 11 is 0. The highest BCUT2D eigenvalue weighted by Gasteiger charge is 2.20. The fraction of sp³-hybridized carbons (Fsp3) is 0.214. The molecule has 104 valence electrons. The highest BCUT2D eigenvalue weighted by molar-refractivity contribution is 6.05. The molecule has 0 unspecified atom stereocenters. The molecule has 2 rings (SSSR count). The van der Waals surface area contributed by atoms with Gasteiger partial charge in [-0.2, -0.15) is 0 Å². The zero-order valence-corrected chi connectivity index (χ0v) is 11.5. The number of imidazole rings is 1. The van der Waals surface area contributed by atoms with Gasteiger partial charge in [0.1, 0.15) is 0 Å². The number of carbonyl (C=O) groups excluding carboxylic acids is 2. The maximum atomic E-state index is 12.3. The van der Waals surface area contributed by atoms with Gasteiger partial charge in [0.15, 0.2) is 5.82 Å². The molecule has 0 bridgehead atoms. The smallest absolute Gasteiger partial charge is 0.374 e. The standard InChI is InChI=1S/C14H15N3O3/c1-16-9-11(15-12(16)14(19)20-3)17(2)13(18)10-7-5-4-6-8-10/h4-9H,1-3H3. The van der Waals surface area contributed by atoms with E-state index in [1.54, 1.807) is 44.6 Å². The summed E-state index contributed by atoms with van der Waals surface area (Å²) < 4.78 is 6.15. The number of esters is 1. The van der Waals surface area contributed by atoms with E-state index in [1.807, 2.05) is 6.07 Å². The largest absolute Gasteiger partial charge is 0.463 e. The van der Waals surface area contributed by atoms with Gasteiger partial charge in [-0.1, -0.05) is 18.2 Å². The summed E-state index contributed by atoms with van der Waals surface area (Å²) in [5.41, 5.74) is 0.556. The third-order valence-corrected chi connectivity index (χ3v) is 2.90. The van der Waals surface area contributed by atoms with Crippen LogP contribution in [0.2, 0.25) is 0 Å². The van der Waals surface area contributed by atoms with Crippen molar-refractivity contribution in [1.82, 2.24) is 9.55 Å². The van der Waals surface area contributed by atoms with Gasteiger partial charge in [-0.15, -0.1) is 0 Å². The molecule has 1 heterocycles. The van der Waals surface area contributed by atoms with Crippen molar-refractivity contribution in [2.45, 2.75) is 0 Å². The summed E-state index contributed by atoms with van der Waals surface area (Å²) in [6.07, 6.45) is 1.60. The fourth-order valence-electron chi connectivity index (χ4n) is 1.77. The van der Waals surface area contributed by atoms with Crippen molar-refractivity contribution in [2.75, 3.05) is 19.1 Å². The quantitative estimate of drug-likeness (QED) is 0.795. The summed E-state index contributed by atoms with van der Waals surface area (Å²) in [7, 11) is 4.57. The molecule has 20 heavy (non-hydrogen) atoms. The summed E-state index contributed by atoms with van der Waals surface area (Å²) in [6, 6.07) is 8.87. The Bertz CT molecular complexity index is 634. The van der Waals surface area contributed by atoms with E-state index in [9.17, 15) is 9.59 Å². The maximum Gasteiger partial charge on any atom is 0.374 e. The minimum absolute atomic E-state index is 0.148. The molecule has 0 aliphatic rings. The molecule has 0 aliphatic heterocycles. The van der Waals surface area contributed by atoms with Crippen molar-refractivity contribution in [3.8, 4) is 0 Å². The Hall–Kier alpha value is -2.63. The number of nitrogens with zero attached hydrogens (tertiary/aromatic N) is 3. The van der Waals surface area contributed by atoms with E-state index in [1.165, 1.54) is 16.6 Å². The minimum Gasteiger partial charge on any atom is -0.463 e. The molecule has 0 N–H and O–H groups in total. The average Bonchev–Trinajstić information content (AvgIpc) is 2.87. The molecule has 0 saturated carbocycles. The van der Waals surface area contributed by atoms with E-state index in [2.05, 4.69) is 9.72 Å². The number of aromatic nitrogens is 2. The van der Waals surface area contributed by atoms with Crippen LogP contribution < -0.4 is 4.90 Å². The zero-order chi connectivity index (χ0) is 14.7. The molecule has 0 fully saturated rings. The van der Waals surface area contributed by atoms with Crippen molar-refractivity contribution in [1.29, 1.82) is 0 Å². The second kappa shape index (κ2) is 5.56. The van der Waals surface area contributed by atoms with Crippen molar-refractivity contribution < 1.29 is 14.3 Å². The van der Waals surface area contributed by atoms with Crippen LogP contribution in [-0.4, -0.2) is 35.6 Å². The van der Waals surface area contributed by atoms with Gasteiger partial charge in [-0.25, -0.2) is 9.78 Å². The molecule has 0 spiro atoms. The van der Waals surface area contributed by atoms with Gasteiger partial charge in [0, 0.05) is 25.9 Å². The maximum absolute atomic E-state index is 12.3. The van der Waals surface area contributed by atoms with Crippen LogP contribution in [-0.2, 0) is 11.8 Å². The van der Waals surface area contributed by atoms with Crippen molar-refractivity contribution >= 4 is 17.7 Å². The van der Waals surface area contributed by atoms with Crippen LogP contribution >= 0.6 is 0 Å². The van der Waals surface area contributed by atoms with E-state index in [0.29, 0.717) is 11.4 Å². The van der Waals surface area contributed by atoms with Crippen LogP contribution in [0.15, 0.2) is 36.5 Å². The number of benzene rings is 1. The average molecular weight is 273 g/mol. The number of anilines is 1. The lowest BCUT2D eigenvalue weighted by Crippen LogP contribution is -2.26. The number of hydrogen-bond acceptors (Lipinski definition) is 4. The number of amides is 1. The Balaban J connectivity index is 2.28. The first-order valence-corrected chi connectivity index (χ1v) is 5.99. The summed E-state index contributed by atoms with van der Waals surface area (Å²) in [6.45, 7) is 0. The van der Waals surface area contributed by atoms with Crippen LogP contribution in [0.4, 0.5) is 5.82 Å². The van der Waals surface area contributed by atoms with Crippen LogP contribution in [0.3, 0.4) is 0 Å². The number of carbonyl (C=O) groups is 2. The summed E-state index contributed by atoms with van der Waals surface area (Å²) in [5.74, 6) is -0.198. The van der Waals surface area contributed by atoms with Gasteiger partial charge < -0.3 is 9.30 Å². The number of aryl methyl sites for hydroxylation is 1. The number of hydrogen-bond donors (Lipinski definition) is 0. The molecule has 6 nitrogen and oxygen atoms in total. The van der Waals surface area contributed by atoms with E-state index in [0.717, 1.165) is 0 Å². The number of methoxy groups -OCH3 is 1. The van der Waals surface area contributed by atoms with Gasteiger partial charge in [-0.3, -0.25) is 9.69 Å². The van der Waals surface area contributed by atoms with Gasteiger partial charge in [0.05, 0.1) is 7.11 Å². The molecule has 0 radical (unpaired) electrons. The third-order valence-electron chi connectivity index (χ3n) is 2.90. The molecule has 6 heteroatoms. The lowest BCUT2D eigenvalue weighted by atomic mass is 10.2. The summed E-state index contributed by atoms with van der Waals surface area (Å²) in [4.78, 5) is 29.3. The van der Waals surface area contributed by atoms with Crippen LogP contribution in [0.5, 0.6) is 0 Å². The van der Waals surface area contributed by atoms with Gasteiger partial charge in [0.25, 0.3) is 5.91 Å². The van der Waals surface area contributed by atoms with Crippen LogP contribution in [0.25, 0.3) is 0 Å². The van der Waals surface area contributed by atoms with E-state index in [-0.39, 0.29) is 11.7 Å². The second-order valence-electron chi connectivity index (χ2n) is 4.26. The SMILES string of the molecule is COC(=O)c1nc(N(C)C(=O)c2ccccc2)cn1C. The normalized spacial score (nSPS) is 10.2. The Kier molecular flexibility index (Phi) is 3.84. The lowest BCUT2D eigenvalue weighted by molar-refractivity contribution is 0.0582. The Labute approximate surface area is 116 Å². The Morgan fingerprint density at radius 2 is 1.90 bits per heavy atom. The van der Waals surface area contributed by atoms with E-state index in [4.69, 9.17) is 0 Å². The molecular formula is C14H15N3O3. The van der Waals surface area contributed by atoms with Crippen LogP contribution in [0, 0.1) is 0 Å². The summed E-state index contributed by atoms with van der Waals surface area (Å²) in [5, 5.41) is 0. The molecule has 0 atom stereocenters. The monoisotopic (exact) mass is 273 g/mol.